The Labute approximate surface area is 191 Å². The fourth-order valence-corrected chi connectivity index (χ4v) is 5.08. The van der Waals surface area contributed by atoms with E-state index in [4.69, 9.17) is 9.47 Å². The van der Waals surface area contributed by atoms with E-state index in [1.54, 1.807) is 6.92 Å². The molecular weight excluding hydrogens is 404 g/mol. The molecule has 0 saturated heterocycles. The first kappa shape index (κ1) is 24.2. The van der Waals surface area contributed by atoms with Crippen LogP contribution in [-0.2, 0) is 19.1 Å². The zero-order valence-corrected chi connectivity index (χ0v) is 19.2. The molecule has 0 spiro atoms. The zero-order valence-electron chi connectivity index (χ0n) is 19.2. The molecule has 0 aliphatic heterocycles. The number of esters is 2. The van der Waals surface area contributed by atoms with Crippen molar-refractivity contribution in [3.8, 4) is 5.75 Å². The van der Waals surface area contributed by atoms with Crippen molar-refractivity contribution in [2.75, 3.05) is 6.61 Å². The first-order valence-corrected chi connectivity index (χ1v) is 12.1. The predicted octanol–water partition coefficient (Wildman–Crippen LogP) is 5.67. The minimum absolute atomic E-state index is 0.00506. The van der Waals surface area contributed by atoms with Crippen molar-refractivity contribution in [1.29, 1.82) is 0 Å². The third-order valence-corrected chi connectivity index (χ3v) is 7.11. The summed E-state index contributed by atoms with van der Waals surface area (Å²) in [5, 5.41) is 0. The lowest BCUT2D eigenvalue weighted by molar-refractivity contribution is -0.150. The average Bonchev–Trinajstić information content (AvgIpc) is 2.82. The van der Waals surface area contributed by atoms with Crippen LogP contribution in [0.25, 0.3) is 0 Å². The SMILES string of the molecule is C=C(C)C(=O)CCCOC(=O)C1CCC(C2CCC(C(=O)Oc3ccccc3)CC2)CC1. The summed E-state index contributed by atoms with van der Waals surface area (Å²) in [4.78, 5) is 36.4. The van der Waals surface area contributed by atoms with Crippen LogP contribution in [0.5, 0.6) is 5.75 Å². The van der Waals surface area contributed by atoms with E-state index in [0.29, 0.717) is 42.6 Å². The van der Waals surface area contributed by atoms with Gasteiger partial charge in [-0.1, -0.05) is 24.8 Å². The van der Waals surface area contributed by atoms with Gasteiger partial charge in [0.05, 0.1) is 18.4 Å². The van der Waals surface area contributed by atoms with Gasteiger partial charge < -0.3 is 9.47 Å². The van der Waals surface area contributed by atoms with Crippen molar-refractivity contribution in [1.82, 2.24) is 0 Å². The molecule has 0 atom stereocenters. The van der Waals surface area contributed by atoms with E-state index in [0.717, 1.165) is 51.4 Å². The molecule has 0 aromatic heterocycles. The molecule has 0 radical (unpaired) electrons. The van der Waals surface area contributed by atoms with Crippen LogP contribution in [0.1, 0.15) is 71.1 Å². The van der Waals surface area contributed by atoms with Crippen molar-refractivity contribution in [2.45, 2.75) is 71.1 Å². The smallest absolute Gasteiger partial charge is 0.314 e. The number of hydrogen-bond acceptors (Lipinski definition) is 5. The number of carbonyl (C=O) groups excluding carboxylic acids is 3. The van der Waals surface area contributed by atoms with Crippen LogP contribution in [0.4, 0.5) is 0 Å². The number of ether oxygens (including phenoxy) is 2. The molecule has 5 nitrogen and oxygen atoms in total. The third-order valence-electron chi connectivity index (χ3n) is 7.11. The van der Waals surface area contributed by atoms with Gasteiger partial charge in [-0.3, -0.25) is 14.4 Å². The van der Waals surface area contributed by atoms with Gasteiger partial charge in [-0.25, -0.2) is 0 Å². The highest BCUT2D eigenvalue weighted by atomic mass is 16.5. The summed E-state index contributed by atoms with van der Waals surface area (Å²) >= 11 is 0. The summed E-state index contributed by atoms with van der Waals surface area (Å²) < 4.78 is 10.9. The molecule has 0 heterocycles. The quantitative estimate of drug-likeness (QED) is 0.214. The van der Waals surface area contributed by atoms with Crippen molar-refractivity contribution >= 4 is 17.7 Å². The van der Waals surface area contributed by atoms with E-state index < -0.39 is 0 Å². The second-order valence-corrected chi connectivity index (χ2v) is 9.43. The number of Topliss-reactive ketones (excluding diaryl/α,β-unsaturated/α-hetero) is 1. The lowest BCUT2D eigenvalue weighted by Gasteiger charge is -2.36. The number of para-hydroxylation sites is 1. The van der Waals surface area contributed by atoms with Gasteiger partial charge in [0.1, 0.15) is 5.75 Å². The fourth-order valence-electron chi connectivity index (χ4n) is 5.08. The predicted molar refractivity (Wildman–Crippen MR) is 123 cm³/mol. The Balaban J connectivity index is 1.32. The molecule has 2 aliphatic rings. The van der Waals surface area contributed by atoms with Gasteiger partial charge in [0.15, 0.2) is 5.78 Å². The largest absolute Gasteiger partial charge is 0.465 e. The highest BCUT2D eigenvalue weighted by Gasteiger charge is 2.35. The van der Waals surface area contributed by atoms with E-state index in [9.17, 15) is 14.4 Å². The highest BCUT2D eigenvalue weighted by molar-refractivity contribution is 5.94. The molecule has 5 heteroatoms. The van der Waals surface area contributed by atoms with Gasteiger partial charge in [-0.2, -0.15) is 0 Å². The van der Waals surface area contributed by atoms with Crippen LogP contribution in [-0.4, -0.2) is 24.3 Å². The van der Waals surface area contributed by atoms with Gasteiger partial charge in [-0.05, 0) is 94.3 Å². The van der Waals surface area contributed by atoms with Crippen LogP contribution in [0, 0.1) is 23.7 Å². The highest BCUT2D eigenvalue weighted by Crippen LogP contribution is 2.42. The van der Waals surface area contributed by atoms with Gasteiger partial charge >= 0.3 is 11.9 Å². The number of carbonyl (C=O) groups is 3. The summed E-state index contributed by atoms with van der Waals surface area (Å²) in [6.45, 7) is 5.65. The minimum Gasteiger partial charge on any atom is -0.465 e. The summed E-state index contributed by atoms with van der Waals surface area (Å²) in [6, 6.07) is 9.28. The molecule has 174 valence electrons. The molecule has 2 aliphatic carbocycles. The Morgan fingerprint density at radius 3 is 1.91 bits per heavy atom. The Morgan fingerprint density at radius 1 is 0.844 bits per heavy atom. The lowest BCUT2D eigenvalue weighted by atomic mass is 9.69. The van der Waals surface area contributed by atoms with Crippen molar-refractivity contribution in [3.63, 3.8) is 0 Å². The molecule has 0 N–H and O–H groups in total. The minimum atomic E-state index is -0.112. The number of hydrogen-bond donors (Lipinski definition) is 0. The van der Waals surface area contributed by atoms with E-state index >= 15 is 0 Å². The van der Waals surface area contributed by atoms with Crippen LogP contribution in [0.3, 0.4) is 0 Å². The maximum Gasteiger partial charge on any atom is 0.314 e. The number of benzene rings is 1. The van der Waals surface area contributed by atoms with Crippen molar-refractivity contribution in [2.24, 2.45) is 23.7 Å². The maximum atomic E-state index is 12.5. The summed E-state index contributed by atoms with van der Waals surface area (Å²) in [6.07, 6.45) is 8.71. The van der Waals surface area contributed by atoms with Gasteiger partial charge in [0, 0.05) is 6.42 Å². The van der Waals surface area contributed by atoms with Crippen LogP contribution in [0.2, 0.25) is 0 Å². The van der Waals surface area contributed by atoms with Crippen LogP contribution < -0.4 is 4.74 Å². The number of rotatable bonds is 9. The second kappa shape index (κ2) is 12.0. The molecule has 0 bridgehead atoms. The molecule has 32 heavy (non-hydrogen) atoms. The second-order valence-electron chi connectivity index (χ2n) is 9.43. The van der Waals surface area contributed by atoms with Crippen molar-refractivity contribution < 1.29 is 23.9 Å². The molecule has 0 unspecified atom stereocenters. The fraction of sp³-hybridized carbons (Fsp3) is 0.593. The van der Waals surface area contributed by atoms with E-state index in [2.05, 4.69) is 6.58 Å². The number of ketones is 1. The maximum absolute atomic E-state index is 12.5. The third kappa shape index (κ3) is 7.04. The van der Waals surface area contributed by atoms with E-state index in [1.165, 1.54) is 0 Å². The molecular formula is C27H36O5. The molecule has 2 fully saturated rings. The number of allylic oxidation sites excluding steroid dienone is 1. The Morgan fingerprint density at radius 2 is 1.38 bits per heavy atom. The van der Waals surface area contributed by atoms with Crippen LogP contribution >= 0.6 is 0 Å². The normalized spacial score (nSPS) is 25.5. The molecule has 1 aromatic carbocycles. The first-order valence-electron chi connectivity index (χ1n) is 12.1. The van der Waals surface area contributed by atoms with Crippen LogP contribution in [0.15, 0.2) is 42.5 Å². The van der Waals surface area contributed by atoms with E-state index in [1.807, 2.05) is 30.3 Å². The Hall–Kier alpha value is -2.43. The molecule has 3 rings (SSSR count). The Kier molecular flexibility index (Phi) is 9.07. The summed E-state index contributed by atoms with van der Waals surface area (Å²) in [7, 11) is 0. The molecule has 2 saturated carbocycles. The van der Waals surface area contributed by atoms with Gasteiger partial charge in [0.2, 0.25) is 0 Å². The zero-order chi connectivity index (χ0) is 22.9. The lowest BCUT2D eigenvalue weighted by Crippen LogP contribution is -2.31. The molecule has 1 aromatic rings. The Bertz CT molecular complexity index is 784. The van der Waals surface area contributed by atoms with Crippen molar-refractivity contribution in [3.05, 3.63) is 42.5 Å². The van der Waals surface area contributed by atoms with Gasteiger partial charge in [0.25, 0.3) is 0 Å². The first-order chi connectivity index (χ1) is 15.4. The standard InChI is InChI=1S/C27H36O5/c1-19(2)25(28)9-6-18-31-26(29)22-14-10-20(11-15-22)21-12-16-23(17-13-21)27(30)32-24-7-4-3-5-8-24/h3-5,7-8,20-23H,1,6,9-18H2,2H3. The van der Waals surface area contributed by atoms with Gasteiger partial charge in [-0.15, -0.1) is 0 Å². The topological polar surface area (TPSA) is 69.7 Å². The monoisotopic (exact) mass is 440 g/mol. The van der Waals surface area contributed by atoms with E-state index in [-0.39, 0.29) is 29.6 Å². The summed E-state index contributed by atoms with van der Waals surface area (Å²) in [5.41, 5.74) is 0.553. The average molecular weight is 441 g/mol. The molecule has 0 amide bonds. The summed E-state index contributed by atoms with van der Waals surface area (Å²) in [5.74, 6) is 1.69.